The Morgan fingerprint density at radius 3 is 2.63 bits per heavy atom. The van der Waals surface area contributed by atoms with Crippen molar-refractivity contribution < 1.29 is 19.4 Å². The van der Waals surface area contributed by atoms with Gasteiger partial charge in [0, 0.05) is 6.54 Å². The number of hydrogen-bond acceptors (Lipinski definition) is 4. The molecule has 2 heterocycles. The average Bonchev–Trinajstić information content (AvgIpc) is 2.78. The molecular weight excluding hydrogens is 248 g/mol. The topological polar surface area (TPSA) is 81.4 Å². The Morgan fingerprint density at radius 2 is 2.05 bits per heavy atom. The summed E-state index contributed by atoms with van der Waals surface area (Å²) in [5.74, 6) is -0.980. The number of aromatic carboxylic acids is 1. The Bertz CT molecular complexity index is 531. The van der Waals surface area contributed by atoms with Crippen LogP contribution in [0.2, 0.25) is 0 Å². The molecule has 1 aliphatic rings. The predicted octanol–water partition coefficient (Wildman–Crippen LogP) is 1.37. The van der Waals surface area contributed by atoms with E-state index in [1.165, 1.54) is 7.11 Å². The van der Waals surface area contributed by atoms with Crippen molar-refractivity contribution in [3.05, 3.63) is 17.2 Å². The average molecular weight is 266 g/mol. The summed E-state index contributed by atoms with van der Waals surface area (Å²) < 4.78 is 6.66. The van der Waals surface area contributed by atoms with E-state index in [1.54, 1.807) is 13.8 Å². The van der Waals surface area contributed by atoms with Gasteiger partial charge in [-0.05, 0) is 33.1 Å². The Balaban J connectivity index is 2.58. The number of nitrogens with zero attached hydrogens (tertiary/aromatic N) is 2. The Kier molecular flexibility index (Phi) is 3.34. The van der Waals surface area contributed by atoms with Crippen LogP contribution in [-0.2, 0) is 27.9 Å². The summed E-state index contributed by atoms with van der Waals surface area (Å²) in [5, 5.41) is 9.22. The van der Waals surface area contributed by atoms with Gasteiger partial charge in [0.15, 0.2) is 5.69 Å². The lowest BCUT2D eigenvalue weighted by atomic mass is 9.92. The second kappa shape index (κ2) is 4.68. The first-order valence-corrected chi connectivity index (χ1v) is 6.31. The lowest BCUT2D eigenvalue weighted by Gasteiger charge is -2.24. The van der Waals surface area contributed by atoms with Crippen LogP contribution in [-0.4, -0.2) is 33.7 Å². The molecule has 1 aliphatic heterocycles. The van der Waals surface area contributed by atoms with Gasteiger partial charge in [-0.1, -0.05) is 0 Å². The Hall–Kier alpha value is -1.85. The number of rotatable bonds is 3. The number of carboxylic acid groups (broad SMARTS) is 1. The molecule has 104 valence electrons. The molecule has 0 unspecified atom stereocenters. The van der Waals surface area contributed by atoms with Gasteiger partial charge < -0.3 is 14.4 Å². The molecule has 0 saturated carbocycles. The normalized spacial score (nSPS) is 14.9. The van der Waals surface area contributed by atoms with Gasteiger partial charge in [-0.2, -0.15) is 0 Å². The standard InChI is InChI=1S/C13H18N2O4/c1-13(2,12(18)19-3)11-14-9(10(16)17)8-6-4-5-7-15(8)11/h4-7H2,1-3H3,(H,16,17). The van der Waals surface area contributed by atoms with E-state index in [-0.39, 0.29) is 5.69 Å². The molecule has 0 bridgehead atoms. The minimum atomic E-state index is -1.04. The number of carboxylic acids is 1. The van der Waals surface area contributed by atoms with Crippen LogP contribution in [0.3, 0.4) is 0 Å². The SMILES string of the molecule is COC(=O)C(C)(C)c1nc(C(=O)O)c2n1CCCC2. The summed E-state index contributed by atoms with van der Waals surface area (Å²) in [6.07, 6.45) is 2.60. The van der Waals surface area contributed by atoms with Gasteiger partial charge in [-0.25, -0.2) is 9.78 Å². The second-order valence-corrected chi connectivity index (χ2v) is 5.26. The third-order valence-electron chi connectivity index (χ3n) is 3.58. The first-order chi connectivity index (χ1) is 8.89. The number of methoxy groups -OCH3 is 1. The highest BCUT2D eigenvalue weighted by Gasteiger charge is 2.38. The fourth-order valence-electron chi connectivity index (χ4n) is 2.54. The maximum Gasteiger partial charge on any atom is 0.356 e. The third kappa shape index (κ3) is 2.11. The van der Waals surface area contributed by atoms with Crippen molar-refractivity contribution in [3.8, 4) is 0 Å². The molecule has 0 spiro atoms. The summed E-state index contributed by atoms with van der Waals surface area (Å²) in [4.78, 5) is 27.3. The molecule has 6 heteroatoms. The molecule has 0 atom stereocenters. The number of fused-ring (bicyclic) bond motifs is 1. The van der Waals surface area contributed by atoms with Gasteiger partial charge in [0.2, 0.25) is 0 Å². The van der Waals surface area contributed by atoms with Crippen LogP contribution in [0.5, 0.6) is 0 Å². The van der Waals surface area contributed by atoms with E-state index in [0.717, 1.165) is 12.8 Å². The van der Waals surface area contributed by atoms with E-state index in [0.29, 0.717) is 24.5 Å². The maximum atomic E-state index is 11.9. The molecule has 1 aromatic heterocycles. The van der Waals surface area contributed by atoms with Crippen molar-refractivity contribution in [3.63, 3.8) is 0 Å². The quantitative estimate of drug-likeness (QED) is 0.835. The van der Waals surface area contributed by atoms with Gasteiger partial charge in [0.1, 0.15) is 11.2 Å². The predicted molar refractivity (Wildman–Crippen MR) is 67.2 cm³/mol. The number of hydrogen-bond donors (Lipinski definition) is 1. The van der Waals surface area contributed by atoms with Crippen LogP contribution in [0, 0.1) is 0 Å². The number of esters is 1. The van der Waals surface area contributed by atoms with Gasteiger partial charge in [0.05, 0.1) is 12.8 Å². The highest BCUT2D eigenvalue weighted by atomic mass is 16.5. The molecule has 0 aromatic carbocycles. The number of carbonyl (C=O) groups excluding carboxylic acids is 1. The van der Waals surface area contributed by atoms with E-state index in [1.807, 2.05) is 4.57 Å². The van der Waals surface area contributed by atoms with Crippen molar-refractivity contribution in [1.82, 2.24) is 9.55 Å². The zero-order chi connectivity index (χ0) is 14.2. The zero-order valence-electron chi connectivity index (χ0n) is 11.4. The molecule has 0 saturated heterocycles. The van der Waals surface area contributed by atoms with Crippen molar-refractivity contribution in [2.45, 2.75) is 45.1 Å². The highest BCUT2D eigenvalue weighted by Crippen LogP contribution is 2.30. The first kappa shape index (κ1) is 13.6. The van der Waals surface area contributed by atoms with Crippen molar-refractivity contribution >= 4 is 11.9 Å². The molecule has 0 radical (unpaired) electrons. The molecule has 6 nitrogen and oxygen atoms in total. The summed E-state index contributed by atoms with van der Waals surface area (Å²) >= 11 is 0. The monoisotopic (exact) mass is 266 g/mol. The van der Waals surface area contributed by atoms with Crippen LogP contribution in [0.1, 0.15) is 48.7 Å². The fraction of sp³-hybridized carbons (Fsp3) is 0.615. The first-order valence-electron chi connectivity index (χ1n) is 6.31. The van der Waals surface area contributed by atoms with Crippen LogP contribution in [0.25, 0.3) is 0 Å². The molecule has 0 aliphatic carbocycles. The van der Waals surface area contributed by atoms with E-state index in [9.17, 15) is 14.7 Å². The lowest BCUT2D eigenvalue weighted by Crippen LogP contribution is -2.34. The number of aromatic nitrogens is 2. The smallest absolute Gasteiger partial charge is 0.356 e. The zero-order valence-corrected chi connectivity index (χ0v) is 11.4. The minimum Gasteiger partial charge on any atom is -0.476 e. The highest BCUT2D eigenvalue weighted by molar-refractivity contribution is 5.88. The number of imidazole rings is 1. The largest absolute Gasteiger partial charge is 0.476 e. The molecular formula is C13H18N2O4. The molecule has 19 heavy (non-hydrogen) atoms. The van der Waals surface area contributed by atoms with Crippen LogP contribution in [0.15, 0.2) is 0 Å². The van der Waals surface area contributed by atoms with Gasteiger partial charge in [-0.15, -0.1) is 0 Å². The van der Waals surface area contributed by atoms with Crippen molar-refractivity contribution in [2.75, 3.05) is 7.11 Å². The number of ether oxygens (including phenoxy) is 1. The van der Waals surface area contributed by atoms with E-state index >= 15 is 0 Å². The molecule has 0 fully saturated rings. The summed E-state index contributed by atoms with van der Waals surface area (Å²) in [7, 11) is 1.32. The minimum absolute atomic E-state index is 0.0617. The van der Waals surface area contributed by atoms with E-state index in [2.05, 4.69) is 4.98 Å². The van der Waals surface area contributed by atoms with E-state index < -0.39 is 17.4 Å². The third-order valence-corrected chi connectivity index (χ3v) is 3.58. The van der Waals surface area contributed by atoms with Gasteiger partial charge >= 0.3 is 11.9 Å². The molecule has 0 amide bonds. The molecule has 1 aromatic rings. The summed E-state index contributed by atoms with van der Waals surface area (Å²) in [5.41, 5.74) is -0.174. The number of carbonyl (C=O) groups is 2. The summed E-state index contributed by atoms with van der Waals surface area (Å²) in [6, 6.07) is 0. The van der Waals surface area contributed by atoms with Crippen molar-refractivity contribution in [1.29, 1.82) is 0 Å². The molecule has 1 N–H and O–H groups in total. The van der Waals surface area contributed by atoms with Crippen LogP contribution < -0.4 is 0 Å². The van der Waals surface area contributed by atoms with Gasteiger partial charge in [-0.3, -0.25) is 4.79 Å². The van der Waals surface area contributed by atoms with Gasteiger partial charge in [0.25, 0.3) is 0 Å². The lowest BCUT2D eigenvalue weighted by molar-refractivity contribution is -0.146. The fourth-order valence-corrected chi connectivity index (χ4v) is 2.54. The van der Waals surface area contributed by atoms with Crippen LogP contribution >= 0.6 is 0 Å². The van der Waals surface area contributed by atoms with Crippen molar-refractivity contribution in [2.24, 2.45) is 0 Å². The molecule has 2 rings (SSSR count). The summed E-state index contributed by atoms with van der Waals surface area (Å²) in [6.45, 7) is 4.11. The van der Waals surface area contributed by atoms with E-state index in [4.69, 9.17) is 4.74 Å². The Morgan fingerprint density at radius 1 is 1.37 bits per heavy atom. The Labute approximate surface area is 111 Å². The second-order valence-electron chi connectivity index (χ2n) is 5.26. The maximum absolute atomic E-state index is 11.9. The van der Waals surface area contributed by atoms with Crippen LogP contribution in [0.4, 0.5) is 0 Å².